The molecule has 1 nitrogen and oxygen atoms in total. The zero-order chi connectivity index (χ0) is 9.54. The quantitative estimate of drug-likeness (QED) is 0.513. The van der Waals surface area contributed by atoms with E-state index in [2.05, 4.69) is 24.0 Å². The maximum atomic E-state index is 5.98. The molecule has 0 fully saturated rings. The highest BCUT2D eigenvalue weighted by atomic mass is 32.2. The normalized spacial score (nSPS) is 26.3. The van der Waals surface area contributed by atoms with Gasteiger partial charge in [-0.15, -0.1) is 11.8 Å². The number of rotatable bonds is 0. The summed E-state index contributed by atoms with van der Waals surface area (Å²) in [5.74, 6) is 6.64. The average molecular weight is 199 g/mol. The first-order chi connectivity index (χ1) is 6.86. The SMILES string of the molecule is Nc1cccc2c1C1C=CC#CC1S2. The van der Waals surface area contributed by atoms with Crippen LogP contribution in [0.2, 0.25) is 0 Å². The molecule has 1 aliphatic carbocycles. The molecular weight excluding hydrogens is 190 g/mol. The minimum Gasteiger partial charge on any atom is -0.398 e. The molecule has 0 aromatic heterocycles. The highest BCUT2D eigenvalue weighted by Gasteiger charge is 2.32. The van der Waals surface area contributed by atoms with Gasteiger partial charge >= 0.3 is 0 Å². The van der Waals surface area contributed by atoms with E-state index in [1.54, 1.807) is 0 Å². The molecule has 1 aliphatic heterocycles. The zero-order valence-corrected chi connectivity index (χ0v) is 8.34. The van der Waals surface area contributed by atoms with Gasteiger partial charge in [-0.3, -0.25) is 0 Å². The van der Waals surface area contributed by atoms with Crippen molar-refractivity contribution in [3.05, 3.63) is 35.9 Å². The Hall–Kier alpha value is -1.33. The number of nitrogen functional groups attached to an aromatic ring is 1. The van der Waals surface area contributed by atoms with Crippen molar-refractivity contribution >= 4 is 17.4 Å². The largest absolute Gasteiger partial charge is 0.398 e. The number of anilines is 1. The van der Waals surface area contributed by atoms with E-state index in [9.17, 15) is 0 Å². The third-order valence-electron chi connectivity index (χ3n) is 2.63. The molecule has 0 radical (unpaired) electrons. The van der Waals surface area contributed by atoms with E-state index in [0.29, 0.717) is 11.2 Å². The van der Waals surface area contributed by atoms with Gasteiger partial charge < -0.3 is 5.73 Å². The molecule has 0 amide bonds. The lowest BCUT2D eigenvalue weighted by atomic mass is 9.92. The van der Waals surface area contributed by atoms with E-state index < -0.39 is 0 Å². The fourth-order valence-corrected chi connectivity index (χ4v) is 3.29. The van der Waals surface area contributed by atoms with Crippen LogP contribution in [0.4, 0.5) is 5.69 Å². The molecule has 0 saturated carbocycles. The van der Waals surface area contributed by atoms with E-state index in [4.69, 9.17) is 5.73 Å². The lowest BCUT2D eigenvalue weighted by Gasteiger charge is -2.13. The summed E-state index contributed by atoms with van der Waals surface area (Å²) in [5, 5.41) is 0.375. The summed E-state index contributed by atoms with van der Waals surface area (Å²) in [6, 6.07) is 6.11. The Labute approximate surface area is 87.4 Å². The first-order valence-electron chi connectivity index (χ1n) is 4.59. The van der Waals surface area contributed by atoms with Gasteiger partial charge in [-0.2, -0.15) is 0 Å². The smallest absolute Gasteiger partial charge is 0.0812 e. The summed E-state index contributed by atoms with van der Waals surface area (Å²) in [6.07, 6.45) is 4.10. The van der Waals surface area contributed by atoms with Gasteiger partial charge in [0.05, 0.1) is 5.25 Å². The third kappa shape index (κ3) is 0.995. The van der Waals surface area contributed by atoms with Crippen LogP contribution in [0.15, 0.2) is 35.2 Å². The zero-order valence-electron chi connectivity index (χ0n) is 7.53. The molecule has 0 saturated heterocycles. The highest BCUT2D eigenvalue weighted by Crippen LogP contribution is 2.48. The molecule has 2 atom stereocenters. The molecule has 3 rings (SSSR count). The Morgan fingerprint density at radius 1 is 1.36 bits per heavy atom. The molecule has 0 spiro atoms. The van der Waals surface area contributed by atoms with Crippen LogP contribution in [0.25, 0.3) is 0 Å². The van der Waals surface area contributed by atoms with Crippen molar-refractivity contribution in [3.63, 3.8) is 0 Å². The number of thioether (sulfide) groups is 1. The monoisotopic (exact) mass is 199 g/mol. The third-order valence-corrected chi connectivity index (χ3v) is 3.90. The Morgan fingerprint density at radius 3 is 3.21 bits per heavy atom. The maximum Gasteiger partial charge on any atom is 0.0812 e. The lowest BCUT2D eigenvalue weighted by Crippen LogP contribution is -2.08. The van der Waals surface area contributed by atoms with Crippen molar-refractivity contribution in [2.45, 2.75) is 16.1 Å². The number of benzene rings is 1. The first kappa shape index (κ1) is 8.02. The summed E-state index contributed by atoms with van der Waals surface area (Å²) >= 11 is 1.83. The van der Waals surface area contributed by atoms with Crippen LogP contribution in [0, 0.1) is 11.8 Å². The van der Waals surface area contributed by atoms with Crippen LogP contribution >= 0.6 is 11.8 Å². The molecule has 2 aliphatic rings. The Bertz CT molecular complexity index is 479. The maximum absolute atomic E-state index is 5.98. The molecule has 1 heterocycles. The molecule has 0 bridgehead atoms. The van der Waals surface area contributed by atoms with Crippen LogP contribution in [-0.2, 0) is 0 Å². The number of hydrogen-bond acceptors (Lipinski definition) is 2. The van der Waals surface area contributed by atoms with E-state index >= 15 is 0 Å². The van der Waals surface area contributed by atoms with Gasteiger partial charge in [-0.25, -0.2) is 0 Å². The fraction of sp³-hybridized carbons (Fsp3) is 0.167. The molecule has 2 unspecified atom stereocenters. The minimum atomic E-state index is 0.375. The highest BCUT2D eigenvalue weighted by molar-refractivity contribution is 8.00. The van der Waals surface area contributed by atoms with Gasteiger partial charge in [-0.1, -0.05) is 24.0 Å². The van der Waals surface area contributed by atoms with Gasteiger partial charge in [0.2, 0.25) is 0 Å². The van der Waals surface area contributed by atoms with Crippen LogP contribution in [0.1, 0.15) is 11.5 Å². The second-order valence-electron chi connectivity index (χ2n) is 3.47. The summed E-state index contributed by atoms with van der Waals surface area (Å²) in [6.45, 7) is 0. The van der Waals surface area contributed by atoms with Crippen LogP contribution < -0.4 is 5.73 Å². The van der Waals surface area contributed by atoms with Crippen molar-refractivity contribution in [3.8, 4) is 11.8 Å². The molecule has 1 aromatic carbocycles. The van der Waals surface area contributed by atoms with E-state index in [1.807, 2.05) is 30.0 Å². The summed E-state index contributed by atoms with van der Waals surface area (Å²) in [7, 11) is 0. The van der Waals surface area contributed by atoms with E-state index in [0.717, 1.165) is 5.69 Å². The van der Waals surface area contributed by atoms with Crippen molar-refractivity contribution < 1.29 is 0 Å². The summed E-state index contributed by atoms with van der Waals surface area (Å²) in [4.78, 5) is 1.29. The molecule has 68 valence electrons. The number of nitrogens with two attached hydrogens (primary N) is 1. The summed E-state index contributed by atoms with van der Waals surface area (Å²) in [5.41, 5.74) is 8.15. The molecule has 14 heavy (non-hydrogen) atoms. The van der Waals surface area contributed by atoms with Crippen LogP contribution in [0.5, 0.6) is 0 Å². The molecule has 2 N–H and O–H groups in total. The predicted octanol–water partition coefficient (Wildman–Crippen LogP) is 2.40. The number of allylic oxidation sites excluding steroid dienone is 2. The lowest BCUT2D eigenvalue weighted by molar-refractivity contribution is 0.906. The van der Waals surface area contributed by atoms with Crippen molar-refractivity contribution in [1.82, 2.24) is 0 Å². The second-order valence-corrected chi connectivity index (χ2v) is 4.65. The average Bonchev–Trinajstić information content (AvgIpc) is 2.57. The molecule has 1 aromatic rings. The van der Waals surface area contributed by atoms with Crippen molar-refractivity contribution in [1.29, 1.82) is 0 Å². The number of hydrogen-bond donors (Lipinski definition) is 1. The van der Waals surface area contributed by atoms with Crippen molar-refractivity contribution in [2.75, 3.05) is 5.73 Å². The molecular formula is C12H9NS. The Kier molecular flexibility index (Phi) is 1.62. The second kappa shape index (κ2) is 2.83. The fourth-order valence-electron chi connectivity index (χ4n) is 1.98. The number of fused-ring (bicyclic) bond motifs is 3. The standard InChI is InChI=1S/C12H9NS/c13-9-5-3-7-11-12(9)8-4-1-2-6-10(8)14-11/h1,3-5,7-8,10H,13H2. The Balaban J connectivity index is 2.19. The topological polar surface area (TPSA) is 26.0 Å². The van der Waals surface area contributed by atoms with E-state index in [1.165, 1.54) is 10.5 Å². The Morgan fingerprint density at radius 2 is 2.29 bits per heavy atom. The van der Waals surface area contributed by atoms with E-state index in [-0.39, 0.29) is 0 Å². The van der Waals surface area contributed by atoms with Crippen LogP contribution in [0.3, 0.4) is 0 Å². The predicted molar refractivity (Wildman–Crippen MR) is 60.2 cm³/mol. The molecule has 2 heteroatoms. The van der Waals surface area contributed by atoms with Crippen LogP contribution in [-0.4, -0.2) is 5.25 Å². The van der Waals surface area contributed by atoms with Gasteiger partial charge in [0.15, 0.2) is 0 Å². The van der Waals surface area contributed by atoms with Gasteiger partial charge in [0, 0.05) is 16.5 Å². The summed E-state index contributed by atoms with van der Waals surface area (Å²) < 4.78 is 0. The van der Waals surface area contributed by atoms with Gasteiger partial charge in [0.1, 0.15) is 0 Å². The van der Waals surface area contributed by atoms with Crippen molar-refractivity contribution in [2.24, 2.45) is 0 Å². The first-order valence-corrected chi connectivity index (χ1v) is 5.47. The van der Waals surface area contributed by atoms with Gasteiger partial charge in [-0.05, 0) is 23.8 Å². The minimum absolute atomic E-state index is 0.375. The van der Waals surface area contributed by atoms with Gasteiger partial charge in [0.25, 0.3) is 0 Å².